The van der Waals surface area contributed by atoms with E-state index in [0.717, 1.165) is 0 Å². The first-order chi connectivity index (χ1) is 5.41. The number of nitrogens with zero attached hydrogens (tertiary/aromatic N) is 1. The lowest BCUT2D eigenvalue weighted by Crippen LogP contribution is -2.18. The zero-order valence-corrected chi connectivity index (χ0v) is 5.64. The summed E-state index contributed by atoms with van der Waals surface area (Å²) in [6.45, 7) is 0. The molecule has 0 aliphatic heterocycles. The molecule has 0 saturated heterocycles. The van der Waals surface area contributed by atoms with E-state index in [4.69, 9.17) is 5.73 Å². The van der Waals surface area contributed by atoms with E-state index in [2.05, 4.69) is 5.10 Å². The third-order valence-corrected chi connectivity index (χ3v) is 1.12. The Kier molecular flexibility index (Phi) is 1.79. The SMILES string of the molecule is Nc1cc(C(F)(F)F)n[nH]c1=O. The molecule has 0 bridgehead atoms. The molecule has 0 radical (unpaired) electrons. The van der Waals surface area contributed by atoms with Crippen molar-refractivity contribution in [3.63, 3.8) is 0 Å². The van der Waals surface area contributed by atoms with Crippen molar-refractivity contribution in [2.75, 3.05) is 5.73 Å². The van der Waals surface area contributed by atoms with Gasteiger partial charge in [-0.15, -0.1) is 0 Å². The number of aromatic nitrogens is 2. The number of alkyl halides is 3. The average molecular weight is 179 g/mol. The summed E-state index contributed by atoms with van der Waals surface area (Å²) in [5, 5.41) is 4.39. The molecule has 0 aromatic carbocycles. The lowest BCUT2D eigenvalue weighted by molar-refractivity contribution is -0.141. The third kappa shape index (κ3) is 1.55. The fraction of sp³-hybridized carbons (Fsp3) is 0.200. The van der Waals surface area contributed by atoms with E-state index in [1.807, 2.05) is 0 Å². The fourth-order valence-electron chi connectivity index (χ4n) is 0.566. The molecule has 0 atom stereocenters. The second-order valence-electron chi connectivity index (χ2n) is 2.04. The van der Waals surface area contributed by atoms with Crippen molar-refractivity contribution in [1.29, 1.82) is 0 Å². The maximum atomic E-state index is 11.9. The molecule has 0 fully saturated rings. The Bertz CT molecular complexity index is 343. The number of rotatable bonds is 0. The highest BCUT2D eigenvalue weighted by atomic mass is 19.4. The van der Waals surface area contributed by atoms with Gasteiger partial charge in [0.2, 0.25) is 0 Å². The minimum absolute atomic E-state index is 0.485. The van der Waals surface area contributed by atoms with Crippen molar-refractivity contribution >= 4 is 5.69 Å². The first kappa shape index (κ1) is 8.57. The van der Waals surface area contributed by atoms with Crippen LogP contribution >= 0.6 is 0 Å². The zero-order valence-electron chi connectivity index (χ0n) is 5.64. The van der Waals surface area contributed by atoms with Gasteiger partial charge >= 0.3 is 6.18 Å². The van der Waals surface area contributed by atoms with Crippen LogP contribution in [0.25, 0.3) is 0 Å². The molecular formula is C5H4F3N3O. The van der Waals surface area contributed by atoms with E-state index in [0.29, 0.717) is 6.07 Å². The molecule has 1 heterocycles. The predicted molar refractivity (Wildman–Crippen MR) is 34.3 cm³/mol. The smallest absolute Gasteiger partial charge is 0.394 e. The molecule has 7 heteroatoms. The molecule has 0 aliphatic carbocycles. The quantitative estimate of drug-likeness (QED) is 0.604. The van der Waals surface area contributed by atoms with Crippen LogP contribution in [0.3, 0.4) is 0 Å². The van der Waals surface area contributed by atoms with Crippen LogP contribution in [0.1, 0.15) is 5.69 Å². The molecular weight excluding hydrogens is 175 g/mol. The monoisotopic (exact) mass is 179 g/mol. The predicted octanol–water partition coefficient (Wildman–Crippen LogP) is 0.371. The Morgan fingerprint density at radius 2 is 2.08 bits per heavy atom. The first-order valence-corrected chi connectivity index (χ1v) is 2.83. The van der Waals surface area contributed by atoms with Gasteiger partial charge in [0.1, 0.15) is 5.69 Å². The molecule has 0 aliphatic rings. The van der Waals surface area contributed by atoms with Gasteiger partial charge in [-0.1, -0.05) is 0 Å². The standard InChI is InChI=1S/C5H4F3N3O/c6-5(7,8)3-1-2(9)4(12)11-10-3/h1H,(H2,9,10)(H,11,12). The number of hydrogen-bond donors (Lipinski definition) is 2. The third-order valence-electron chi connectivity index (χ3n) is 1.12. The van der Waals surface area contributed by atoms with Gasteiger partial charge in [-0.05, 0) is 6.07 Å². The van der Waals surface area contributed by atoms with Crippen molar-refractivity contribution in [2.45, 2.75) is 6.18 Å². The maximum absolute atomic E-state index is 11.9. The Hall–Kier alpha value is -1.53. The minimum atomic E-state index is -4.59. The van der Waals surface area contributed by atoms with E-state index in [-0.39, 0.29) is 0 Å². The summed E-state index contributed by atoms with van der Waals surface area (Å²) in [5.41, 5.74) is 2.39. The van der Waals surface area contributed by atoms with Crippen LogP contribution in [-0.4, -0.2) is 10.2 Å². The molecule has 12 heavy (non-hydrogen) atoms. The molecule has 0 saturated carbocycles. The molecule has 1 rings (SSSR count). The minimum Gasteiger partial charge on any atom is -0.394 e. The van der Waals surface area contributed by atoms with E-state index in [1.54, 1.807) is 5.10 Å². The van der Waals surface area contributed by atoms with Crippen molar-refractivity contribution in [1.82, 2.24) is 10.2 Å². The number of halogens is 3. The second-order valence-corrected chi connectivity index (χ2v) is 2.04. The lowest BCUT2D eigenvalue weighted by atomic mass is 10.3. The number of nitrogen functional groups attached to an aromatic ring is 1. The van der Waals surface area contributed by atoms with E-state index in [1.165, 1.54) is 0 Å². The molecule has 66 valence electrons. The average Bonchev–Trinajstić information content (AvgIpc) is 1.92. The Balaban J connectivity index is 3.23. The van der Waals surface area contributed by atoms with E-state index in [9.17, 15) is 18.0 Å². The van der Waals surface area contributed by atoms with Gasteiger partial charge in [0.05, 0.1) is 0 Å². The van der Waals surface area contributed by atoms with Crippen LogP contribution < -0.4 is 11.3 Å². The number of anilines is 1. The molecule has 0 spiro atoms. The summed E-state index contributed by atoms with van der Waals surface area (Å²) < 4.78 is 35.6. The highest BCUT2D eigenvalue weighted by Crippen LogP contribution is 2.26. The van der Waals surface area contributed by atoms with Crippen LogP contribution in [0.2, 0.25) is 0 Å². The van der Waals surface area contributed by atoms with E-state index < -0.39 is 23.1 Å². The fourth-order valence-corrected chi connectivity index (χ4v) is 0.566. The zero-order chi connectivity index (χ0) is 9.35. The van der Waals surface area contributed by atoms with Gasteiger partial charge < -0.3 is 5.73 Å². The van der Waals surface area contributed by atoms with Crippen LogP contribution in [0.5, 0.6) is 0 Å². The topological polar surface area (TPSA) is 71.8 Å². The summed E-state index contributed by atoms with van der Waals surface area (Å²) in [4.78, 5) is 10.5. The first-order valence-electron chi connectivity index (χ1n) is 2.83. The molecule has 4 nitrogen and oxygen atoms in total. The highest BCUT2D eigenvalue weighted by Gasteiger charge is 2.33. The van der Waals surface area contributed by atoms with E-state index >= 15 is 0 Å². The Morgan fingerprint density at radius 1 is 1.50 bits per heavy atom. The number of H-pyrrole nitrogens is 1. The van der Waals surface area contributed by atoms with Gasteiger partial charge in [0.15, 0.2) is 5.69 Å². The van der Waals surface area contributed by atoms with Crippen LogP contribution in [0.15, 0.2) is 10.9 Å². The van der Waals surface area contributed by atoms with Crippen LogP contribution in [-0.2, 0) is 6.18 Å². The summed E-state index contributed by atoms with van der Waals surface area (Å²) in [5.74, 6) is 0. The molecule has 0 unspecified atom stereocenters. The molecule has 0 amide bonds. The van der Waals surface area contributed by atoms with Gasteiger partial charge in [-0.2, -0.15) is 18.3 Å². The van der Waals surface area contributed by atoms with Crippen molar-refractivity contribution < 1.29 is 13.2 Å². The molecule has 3 N–H and O–H groups in total. The Labute approximate surface area is 64.2 Å². The van der Waals surface area contributed by atoms with Crippen LogP contribution in [0.4, 0.5) is 18.9 Å². The number of hydrogen-bond acceptors (Lipinski definition) is 3. The van der Waals surface area contributed by atoms with Gasteiger partial charge in [-0.3, -0.25) is 4.79 Å². The summed E-state index contributed by atoms with van der Waals surface area (Å²) in [6.07, 6.45) is -4.59. The number of aromatic amines is 1. The lowest BCUT2D eigenvalue weighted by Gasteiger charge is -2.03. The largest absolute Gasteiger partial charge is 0.435 e. The number of nitrogens with one attached hydrogen (secondary N) is 1. The van der Waals surface area contributed by atoms with Crippen molar-refractivity contribution in [3.05, 3.63) is 22.1 Å². The van der Waals surface area contributed by atoms with Crippen molar-refractivity contribution in [3.8, 4) is 0 Å². The second kappa shape index (κ2) is 2.50. The molecule has 1 aromatic heterocycles. The van der Waals surface area contributed by atoms with Gasteiger partial charge in [0, 0.05) is 0 Å². The number of nitrogens with two attached hydrogens (primary N) is 1. The summed E-state index contributed by atoms with van der Waals surface area (Å²) >= 11 is 0. The van der Waals surface area contributed by atoms with Crippen molar-refractivity contribution in [2.24, 2.45) is 0 Å². The highest BCUT2D eigenvalue weighted by molar-refractivity contribution is 5.35. The summed E-state index contributed by atoms with van der Waals surface area (Å²) in [6, 6.07) is 0.485. The molecule has 1 aromatic rings. The maximum Gasteiger partial charge on any atom is 0.435 e. The van der Waals surface area contributed by atoms with Crippen LogP contribution in [0, 0.1) is 0 Å². The normalized spacial score (nSPS) is 11.6. The Morgan fingerprint density at radius 3 is 2.50 bits per heavy atom. The van der Waals surface area contributed by atoms with Gasteiger partial charge in [0.25, 0.3) is 5.56 Å². The van der Waals surface area contributed by atoms with Gasteiger partial charge in [-0.25, -0.2) is 5.10 Å². The summed E-state index contributed by atoms with van der Waals surface area (Å²) in [7, 11) is 0.